The normalized spacial score (nSPS) is 12.8. The molecular formula is C15H22N2O5. The smallest absolute Gasteiger partial charge is 0.331 e. The highest BCUT2D eigenvalue weighted by Crippen LogP contribution is 2.16. The van der Waals surface area contributed by atoms with Crippen LogP contribution in [-0.2, 0) is 16.6 Å². The lowest BCUT2D eigenvalue weighted by molar-refractivity contribution is -0.141. The molecule has 0 fully saturated rings. The third-order valence-electron chi connectivity index (χ3n) is 3.16. The molecule has 0 aromatic carbocycles. The number of carboxylic acids is 1. The van der Waals surface area contributed by atoms with E-state index in [0.717, 1.165) is 9.13 Å². The Labute approximate surface area is 128 Å². The number of hydrogen-bond acceptors (Lipinski definition) is 4. The highest BCUT2D eigenvalue weighted by atomic mass is 16.5. The van der Waals surface area contributed by atoms with Gasteiger partial charge in [0.05, 0.1) is 18.4 Å². The van der Waals surface area contributed by atoms with Crippen molar-refractivity contribution in [1.29, 1.82) is 0 Å². The number of carboxylic acid groups (broad SMARTS) is 1. The van der Waals surface area contributed by atoms with Crippen LogP contribution in [0.1, 0.15) is 38.8 Å². The standard InChI is InChI=1S/C15H22N2O5/c1-5-22-7-6-11-9-17(15(21)16(4)13(11)18)12(14(19)20)8-10(2)3/h6-7,9-10,12H,5,8H2,1-4H3,(H,19,20). The summed E-state index contributed by atoms with van der Waals surface area (Å²) in [5.41, 5.74) is -0.942. The molecule has 1 aromatic rings. The molecule has 0 saturated carbocycles. The minimum atomic E-state index is -1.10. The fourth-order valence-electron chi connectivity index (χ4n) is 2.05. The zero-order valence-electron chi connectivity index (χ0n) is 13.3. The molecule has 0 amide bonds. The molecule has 7 heteroatoms. The Morgan fingerprint density at radius 1 is 1.41 bits per heavy atom. The summed E-state index contributed by atoms with van der Waals surface area (Å²) in [6.45, 7) is 5.99. The second-order valence-corrected chi connectivity index (χ2v) is 5.38. The van der Waals surface area contributed by atoms with E-state index in [0.29, 0.717) is 13.0 Å². The van der Waals surface area contributed by atoms with Crippen LogP contribution in [0.15, 0.2) is 22.0 Å². The molecule has 0 radical (unpaired) electrons. The van der Waals surface area contributed by atoms with Gasteiger partial charge in [-0.25, -0.2) is 9.59 Å². The molecule has 0 aliphatic rings. The lowest BCUT2D eigenvalue weighted by Crippen LogP contribution is -2.42. The van der Waals surface area contributed by atoms with Gasteiger partial charge in [-0.1, -0.05) is 13.8 Å². The van der Waals surface area contributed by atoms with E-state index in [-0.39, 0.29) is 11.5 Å². The van der Waals surface area contributed by atoms with Crippen molar-refractivity contribution in [3.63, 3.8) is 0 Å². The van der Waals surface area contributed by atoms with Crippen molar-refractivity contribution in [2.24, 2.45) is 13.0 Å². The van der Waals surface area contributed by atoms with Gasteiger partial charge in [-0.05, 0) is 25.3 Å². The molecule has 0 aliphatic heterocycles. The molecule has 22 heavy (non-hydrogen) atoms. The van der Waals surface area contributed by atoms with E-state index in [4.69, 9.17) is 4.74 Å². The van der Waals surface area contributed by atoms with Gasteiger partial charge in [0.25, 0.3) is 5.56 Å². The Balaban J connectivity index is 3.43. The van der Waals surface area contributed by atoms with Gasteiger partial charge in [0.2, 0.25) is 0 Å². The molecule has 1 N–H and O–H groups in total. The number of carbonyl (C=O) groups is 1. The summed E-state index contributed by atoms with van der Waals surface area (Å²) in [7, 11) is 1.33. The molecule has 1 atom stereocenters. The van der Waals surface area contributed by atoms with Crippen LogP contribution < -0.4 is 11.2 Å². The van der Waals surface area contributed by atoms with Crippen LogP contribution >= 0.6 is 0 Å². The number of rotatable bonds is 7. The second-order valence-electron chi connectivity index (χ2n) is 5.38. The van der Waals surface area contributed by atoms with Crippen molar-refractivity contribution >= 4 is 12.0 Å². The fourth-order valence-corrected chi connectivity index (χ4v) is 2.05. The maximum atomic E-state index is 12.2. The molecular weight excluding hydrogens is 288 g/mol. The van der Waals surface area contributed by atoms with Crippen LogP contribution in [0.5, 0.6) is 0 Å². The predicted octanol–water partition coefficient (Wildman–Crippen LogP) is 1.23. The monoisotopic (exact) mass is 310 g/mol. The van der Waals surface area contributed by atoms with Gasteiger partial charge in [0.1, 0.15) is 6.04 Å². The van der Waals surface area contributed by atoms with Gasteiger partial charge in [-0.2, -0.15) is 0 Å². The fraction of sp³-hybridized carbons (Fsp3) is 0.533. The Morgan fingerprint density at radius 2 is 2.05 bits per heavy atom. The van der Waals surface area contributed by atoms with E-state index in [2.05, 4.69) is 0 Å². The van der Waals surface area contributed by atoms with E-state index in [1.807, 2.05) is 13.8 Å². The quantitative estimate of drug-likeness (QED) is 0.765. The number of aliphatic carboxylic acids is 1. The summed E-state index contributed by atoms with van der Waals surface area (Å²) in [6.07, 6.45) is 4.35. The van der Waals surface area contributed by atoms with Crippen LogP contribution in [0.3, 0.4) is 0 Å². The van der Waals surface area contributed by atoms with Gasteiger partial charge >= 0.3 is 11.7 Å². The summed E-state index contributed by atoms with van der Waals surface area (Å²) >= 11 is 0. The summed E-state index contributed by atoms with van der Waals surface area (Å²) in [5.74, 6) is -1.01. The first-order chi connectivity index (χ1) is 10.3. The summed E-state index contributed by atoms with van der Waals surface area (Å²) in [4.78, 5) is 35.7. The minimum absolute atomic E-state index is 0.0904. The van der Waals surface area contributed by atoms with Crippen molar-refractivity contribution in [2.75, 3.05) is 6.61 Å². The first kappa shape index (κ1) is 17.7. The number of nitrogens with zero attached hydrogens (tertiary/aromatic N) is 2. The van der Waals surface area contributed by atoms with E-state index in [1.165, 1.54) is 25.6 Å². The van der Waals surface area contributed by atoms with Gasteiger partial charge in [0, 0.05) is 13.2 Å². The molecule has 0 bridgehead atoms. The Hall–Kier alpha value is -2.31. The van der Waals surface area contributed by atoms with E-state index < -0.39 is 23.3 Å². The molecule has 1 rings (SSSR count). The first-order valence-corrected chi connectivity index (χ1v) is 7.12. The van der Waals surface area contributed by atoms with E-state index in [9.17, 15) is 19.5 Å². The third kappa shape index (κ3) is 4.09. The molecule has 1 heterocycles. The molecule has 1 unspecified atom stereocenters. The van der Waals surface area contributed by atoms with Gasteiger partial charge < -0.3 is 9.84 Å². The number of ether oxygens (including phenoxy) is 1. The average Bonchev–Trinajstić information content (AvgIpc) is 2.45. The highest BCUT2D eigenvalue weighted by Gasteiger charge is 2.23. The van der Waals surface area contributed by atoms with Crippen molar-refractivity contribution in [2.45, 2.75) is 33.2 Å². The maximum absolute atomic E-state index is 12.2. The first-order valence-electron chi connectivity index (χ1n) is 7.12. The zero-order valence-corrected chi connectivity index (χ0v) is 13.3. The van der Waals surface area contributed by atoms with Crippen molar-refractivity contribution in [1.82, 2.24) is 9.13 Å². The SMILES string of the molecule is CCOC=Cc1cn(C(CC(C)C)C(=O)O)c(=O)n(C)c1=O. The molecule has 0 saturated heterocycles. The third-order valence-corrected chi connectivity index (χ3v) is 3.16. The summed E-state index contributed by atoms with van der Waals surface area (Å²) in [6, 6.07) is -1.02. The van der Waals surface area contributed by atoms with Crippen LogP contribution in [0.4, 0.5) is 0 Å². The number of aromatic nitrogens is 2. The van der Waals surface area contributed by atoms with Crippen LogP contribution in [0.25, 0.3) is 6.08 Å². The Bertz CT molecular complexity index is 669. The molecule has 122 valence electrons. The summed E-state index contributed by atoms with van der Waals surface area (Å²) < 4.78 is 7.04. The Kier molecular flexibility index (Phi) is 6.15. The molecule has 7 nitrogen and oxygen atoms in total. The lowest BCUT2D eigenvalue weighted by atomic mass is 10.0. The van der Waals surface area contributed by atoms with Gasteiger partial charge in [0.15, 0.2) is 0 Å². The highest BCUT2D eigenvalue weighted by molar-refractivity contribution is 5.71. The number of hydrogen-bond donors (Lipinski definition) is 1. The second kappa shape index (κ2) is 7.63. The van der Waals surface area contributed by atoms with Crippen molar-refractivity contribution in [3.8, 4) is 0 Å². The lowest BCUT2D eigenvalue weighted by Gasteiger charge is -2.18. The maximum Gasteiger partial charge on any atom is 0.331 e. The van der Waals surface area contributed by atoms with Gasteiger partial charge in [-0.3, -0.25) is 13.9 Å². The molecule has 1 aromatic heterocycles. The van der Waals surface area contributed by atoms with Crippen molar-refractivity contribution < 1.29 is 14.6 Å². The molecule has 0 spiro atoms. The zero-order chi connectivity index (χ0) is 16.9. The van der Waals surface area contributed by atoms with Crippen LogP contribution in [-0.4, -0.2) is 26.8 Å². The van der Waals surface area contributed by atoms with E-state index in [1.54, 1.807) is 6.92 Å². The minimum Gasteiger partial charge on any atom is -0.501 e. The van der Waals surface area contributed by atoms with Crippen LogP contribution in [0.2, 0.25) is 0 Å². The molecule has 0 aliphatic carbocycles. The Morgan fingerprint density at radius 3 is 2.55 bits per heavy atom. The topological polar surface area (TPSA) is 90.5 Å². The van der Waals surface area contributed by atoms with Crippen molar-refractivity contribution in [3.05, 3.63) is 38.9 Å². The average molecular weight is 310 g/mol. The van der Waals surface area contributed by atoms with E-state index >= 15 is 0 Å². The van der Waals surface area contributed by atoms with Gasteiger partial charge in [-0.15, -0.1) is 0 Å². The predicted molar refractivity (Wildman–Crippen MR) is 82.7 cm³/mol. The summed E-state index contributed by atoms with van der Waals surface area (Å²) in [5, 5.41) is 9.38. The largest absolute Gasteiger partial charge is 0.501 e. The van der Waals surface area contributed by atoms with Crippen LogP contribution in [0, 0.1) is 5.92 Å².